The lowest BCUT2D eigenvalue weighted by atomic mass is 9.98. The molecule has 2 atom stereocenters. The largest absolute Gasteiger partial charge is 0.484 e. The first-order valence-corrected chi connectivity index (χ1v) is 7.09. The molecular weight excluding hydrogens is 300 g/mol. The highest BCUT2D eigenvalue weighted by Gasteiger charge is 2.29. The van der Waals surface area contributed by atoms with Crippen LogP contribution in [0.1, 0.15) is 29.1 Å². The lowest BCUT2D eigenvalue weighted by Gasteiger charge is -2.29. The fourth-order valence-electron chi connectivity index (χ4n) is 2.09. The zero-order valence-electron chi connectivity index (χ0n) is 8.97. The van der Waals surface area contributed by atoms with E-state index >= 15 is 0 Å². The average molecular weight is 311 g/mol. The molecule has 0 aliphatic carbocycles. The summed E-state index contributed by atoms with van der Waals surface area (Å²) >= 11 is 5.16. The minimum Gasteiger partial charge on any atom is -0.484 e. The molecule has 0 radical (unpaired) electrons. The monoisotopic (exact) mass is 310 g/mol. The summed E-state index contributed by atoms with van der Waals surface area (Å²) < 4.78 is 7.00. The van der Waals surface area contributed by atoms with Gasteiger partial charge in [-0.3, -0.25) is 0 Å². The first-order chi connectivity index (χ1) is 8.25. The molecular formula is C13H11BrO2S. The standard InChI is InChI=1S/C13H11BrO2S/c14-9-5-6-17-13(9)12-7-10(15)8-3-1-2-4-11(8)16-12/h1-6,10,12,15H,7H2/t10-,12?/m1/s1. The van der Waals surface area contributed by atoms with Crippen LogP contribution < -0.4 is 4.74 Å². The van der Waals surface area contributed by atoms with Gasteiger partial charge in [-0.1, -0.05) is 18.2 Å². The smallest absolute Gasteiger partial charge is 0.137 e. The minimum absolute atomic E-state index is 0.0609. The molecule has 1 N–H and O–H groups in total. The van der Waals surface area contributed by atoms with Gasteiger partial charge in [0.2, 0.25) is 0 Å². The summed E-state index contributed by atoms with van der Waals surface area (Å²) in [6.45, 7) is 0. The molecule has 1 aliphatic heterocycles. The van der Waals surface area contributed by atoms with Crippen LogP contribution in [-0.4, -0.2) is 5.11 Å². The van der Waals surface area contributed by atoms with Gasteiger partial charge < -0.3 is 9.84 Å². The second-order valence-electron chi connectivity index (χ2n) is 4.03. The maximum Gasteiger partial charge on any atom is 0.137 e. The van der Waals surface area contributed by atoms with Crippen LogP contribution in [0.2, 0.25) is 0 Å². The van der Waals surface area contributed by atoms with Crippen LogP contribution in [0.5, 0.6) is 5.75 Å². The van der Waals surface area contributed by atoms with Gasteiger partial charge in [-0.25, -0.2) is 0 Å². The van der Waals surface area contributed by atoms with Crippen molar-refractivity contribution in [3.8, 4) is 5.75 Å². The Labute approximate surface area is 112 Å². The number of rotatable bonds is 1. The summed E-state index contributed by atoms with van der Waals surface area (Å²) in [6, 6.07) is 9.69. The Morgan fingerprint density at radius 1 is 1.29 bits per heavy atom. The molecule has 88 valence electrons. The van der Waals surface area contributed by atoms with Gasteiger partial charge in [-0.05, 0) is 33.4 Å². The van der Waals surface area contributed by atoms with Crippen molar-refractivity contribution in [3.05, 3.63) is 50.6 Å². The summed E-state index contributed by atoms with van der Waals surface area (Å²) in [7, 11) is 0. The Kier molecular flexibility index (Phi) is 2.94. The summed E-state index contributed by atoms with van der Waals surface area (Å²) in [5, 5.41) is 12.2. The van der Waals surface area contributed by atoms with E-state index < -0.39 is 6.10 Å². The minimum atomic E-state index is -0.445. The number of hydrogen-bond acceptors (Lipinski definition) is 3. The van der Waals surface area contributed by atoms with Crippen LogP contribution in [0.4, 0.5) is 0 Å². The first-order valence-electron chi connectivity index (χ1n) is 5.42. The van der Waals surface area contributed by atoms with Crippen LogP contribution in [-0.2, 0) is 0 Å². The van der Waals surface area contributed by atoms with Gasteiger partial charge in [0.25, 0.3) is 0 Å². The van der Waals surface area contributed by atoms with E-state index in [4.69, 9.17) is 4.74 Å². The molecule has 0 amide bonds. The summed E-state index contributed by atoms with van der Waals surface area (Å²) in [4.78, 5) is 1.14. The highest BCUT2D eigenvalue weighted by molar-refractivity contribution is 9.10. The van der Waals surface area contributed by atoms with E-state index in [2.05, 4.69) is 15.9 Å². The average Bonchev–Trinajstić information content (AvgIpc) is 2.75. The van der Waals surface area contributed by atoms with Crippen molar-refractivity contribution in [3.63, 3.8) is 0 Å². The van der Waals surface area contributed by atoms with Crippen LogP contribution in [0, 0.1) is 0 Å². The highest BCUT2D eigenvalue weighted by Crippen LogP contribution is 2.43. The Bertz CT molecular complexity index is 538. The van der Waals surface area contributed by atoms with Crippen molar-refractivity contribution >= 4 is 27.3 Å². The molecule has 4 heteroatoms. The van der Waals surface area contributed by atoms with Crippen LogP contribution in [0.3, 0.4) is 0 Å². The second kappa shape index (κ2) is 4.44. The maximum atomic E-state index is 10.1. The molecule has 0 spiro atoms. The fraction of sp³-hybridized carbons (Fsp3) is 0.231. The molecule has 0 saturated carbocycles. The first kappa shape index (κ1) is 11.3. The number of aliphatic hydroxyl groups excluding tert-OH is 1. The second-order valence-corrected chi connectivity index (χ2v) is 5.83. The van der Waals surface area contributed by atoms with Crippen molar-refractivity contribution in [2.45, 2.75) is 18.6 Å². The van der Waals surface area contributed by atoms with Crippen molar-refractivity contribution in [1.29, 1.82) is 0 Å². The molecule has 0 bridgehead atoms. The number of aliphatic hydroxyl groups is 1. The maximum absolute atomic E-state index is 10.1. The number of para-hydroxylation sites is 1. The van der Waals surface area contributed by atoms with Gasteiger partial charge in [-0.15, -0.1) is 11.3 Å². The molecule has 2 heterocycles. The van der Waals surface area contributed by atoms with Gasteiger partial charge in [0.1, 0.15) is 11.9 Å². The third-order valence-corrected chi connectivity index (χ3v) is 4.88. The number of benzene rings is 1. The predicted octanol–water partition coefficient (Wildman–Crippen LogP) is 4.07. The predicted molar refractivity (Wildman–Crippen MR) is 71.4 cm³/mol. The molecule has 0 saturated heterocycles. The molecule has 1 unspecified atom stereocenters. The third-order valence-electron chi connectivity index (χ3n) is 2.92. The number of halogens is 1. The third kappa shape index (κ3) is 2.01. The molecule has 1 aliphatic rings. The van der Waals surface area contributed by atoms with Gasteiger partial charge in [0.15, 0.2) is 0 Å². The SMILES string of the molecule is O[C@@H]1CC(c2sccc2Br)Oc2ccccc21. The molecule has 2 aromatic rings. The number of fused-ring (bicyclic) bond motifs is 1. The zero-order valence-corrected chi connectivity index (χ0v) is 11.4. The Balaban J connectivity index is 1.96. The lowest BCUT2D eigenvalue weighted by molar-refractivity contribution is 0.0671. The van der Waals surface area contributed by atoms with Crippen molar-refractivity contribution in [2.75, 3.05) is 0 Å². The summed E-state index contributed by atoms with van der Waals surface area (Å²) in [6.07, 6.45) is 0.101. The molecule has 17 heavy (non-hydrogen) atoms. The Morgan fingerprint density at radius 2 is 2.12 bits per heavy atom. The topological polar surface area (TPSA) is 29.5 Å². The zero-order chi connectivity index (χ0) is 11.8. The molecule has 1 aromatic heterocycles. The highest BCUT2D eigenvalue weighted by atomic mass is 79.9. The molecule has 3 rings (SSSR count). The van der Waals surface area contributed by atoms with E-state index in [0.29, 0.717) is 6.42 Å². The van der Waals surface area contributed by atoms with E-state index in [1.165, 1.54) is 0 Å². The number of hydrogen-bond donors (Lipinski definition) is 1. The summed E-state index contributed by atoms with van der Waals surface area (Å²) in [5.74, 6) is 0.788. The fourth-order valence-corrected chi connectivity index (χ4v) is 3.76. The van der Waals surface area contributed by atoms with Crippen molar-refractivity contribution in [2.24, 2.45) is 0 Å². The van der Waals surface area contributed by atoms with Gasteiger partial charge >= 0.3 is 0 Å². The van der Waals surface area contributed by atoms with Crippen LogP contribution in [0.25, 0.3) is 0 Å². The number of thiophene rings is 1. The van der Waals surface area contributed by atoms with E-state index in [1.54, 1.807) is 11.3 Å². The van der Waals surface area contributed by atoms with E-state index in [0.717, 1.165) is 20.7 Å². The van der Waals surface area contributed by atoms with Crippen LogP contribution >= 0.6 is 27.3 Å². The Hall–Kier alpha value is -0.840. The van der Waals surface area contributed by atoms with Gasteiger partial charge in [-0.2, -0.15) is 0 Å². The van der Waals surface area contributed by atoms with Crippen molar-refractivity contribution in [1.82, 2.24) is 0 Å². The van der Waals surface area contributed by atoms with Crippen LogP contribution in [0.15, 0.2) is 40.2 Å². The van der Waals surface area contributed by atoms with Gasteiger partial charge in [0, 0.05) is 16.5 Å². The molecule has 1 aromatic carbocycles. The van der Waals surface area contributed by atoms with Gasteiger partial charge in [0.05, 0.1) is 11.0 Å². The lowest BCUT2D eigenvalue weighted by Crippen LogP contribution is -2.18. The molecule has 2 nitrogen and oxygen atoms in total. The number of ether oxygens (including phenoxy) is 1. The quantitative estimate of drug-likeness (QED) is 0.860. The van der Waals surface area contributed by atoms with E-state index in [1.807, 2.05) is 35.7 Å². The molecule has 0 fully saturated rings. The normalized spacial score (nSPS) is 22.9. The summed E-state index contributed by atoms with van der Waals surface area (Å²) in [5.41, 5.74) is 0.886. The Morgan fingerprint density at radius 3 is 2.88 bits per heavy atom. The van der Waals surface area contributed by atoms with E-state index in [-0.39, 0.29) is 6.10 Å². The van der Waals surface area contributed by atoms with E-state index in [9.17, 15) is 5.11 Å². The van der Waals surface area contributed by atoms with Crippen molar-refractivity contribution < 1.29 is 9.84 Å².